The van der Waals surface area contributed by atoms with E-state index in [1.54, 1.807) is 0 Å². The Hall–Kier alpha value is -2.14. The molecule has 5 nitrogen and oxygen atoms in total. The van der Waals surface area contributed by atoms with Crippen molar-refractivity contribution in [1.29, 1.82) is 0 Å². The Morgan fingerprint density at radius 2 is 1.67 bits per heavy atom. The average Bonchev–Trinajstić information content (AvgIpc) is 2.84. The third-order valence-corrected chi connectivity index (χ3v) is 3.82. The summed E-state index contributed by atoms with van der Waals surface area (Å²) >= 11 is 0. The molecule has 5 heteroatoms. The van der Waals surface area contributed by atoms with Crippen LogP contribution in [0.3, 0.4) is 0 Å². The van der Waals surface area contributed by atoms with Gasteiger partial charge in [-0.05, 0) is 12.8 Å². The highest BCUT2D eigenvalue weighted by Gasteiger charge is 2.14. The van der Waals surface area contributed by atoms with Crippen LogP contribution in [-0.2, 0) is 0 Å². The molecule has 1 aromatic heterocycles. The van der Waals surface area contributed by atoms with E-state index in [2.05, 4.69) is 27.4 Å². The van der Waals surface area contributed by atoms with Crippen LogP contribution in [0.5, 0.6) is 0 Å². The van der Waals surface area contributed by atoms with Crippen molar-refractivity contribution >= 4 is 11.8 Å². The fourth-order valence-corrected chi connectivity index (χ4v) is 2.68. The van der Waals surface area contributed by atoms with Gasteiger partial charge in [0.1, 0.15) is 5.82 Å². The van der Waals surface area contributed by atoms with Crippen LogP contribution in [0.25, 0.3) is 11.3 Å². The summed E-state index contributed by atoms with van der Waals surface area (Å²) in [6.45, 7) is 2.03. The lowest BCUT2D eigenvalue weighted by atomic mass is 10.1. The molecule has 0 amide bonds. The molecule has 3 N–H and O–H groups in total. The summed E-state index contributed by atoms with van der Waals surface area (Å²) in [5.74, 6) is 6.99. The van der Waals surface area contributed by atoms with E-state index in [0.717, 1.165) is 30.3 Å². The smallest absolute Gasteiger partial charge is 0.227 e. The van der Waals surface area contributed by atoms with Crippen molar-refractivity contribution in [2.45, 2.75) is 25.7 Å². The lowest BCUT2D eigenvalue weighted by Gasteiger charge is -2.21. The van der Waals surface area contributed by atoms with Crippen molar-refractivity contribution in [3.63, 3.8) is 0 Å². The molecule has 0 saturated carbocycles. The van der Waals surface area contributed by atoms with E-state index in [4.69, 9.17) is 10.8 Å². The van der Waals surface area contributed by atoms with E-state index in [-0.39, 0.29) is 0 Å². The molecule has 3 rings (SSSR count). The molecule has 0 spiro atoms. The molecule has 1 saturated heterocycles. The van der Waals surface area contributed by atoms with Crippen molar-refractivity contribution in [3.8, 4) is 11.3 Å². The first-order valence-corrected chi connectivity index (χ1v) is 7.53. The number of rotatable bonds is 3. The minimum absolute atomic E-state index is 0.656. The summed E-state index contributed by atoms with van der Waals surface area (Å²) < 4.78 is 0. The molecule has 2 aromatic rings. The molecule has 1 aliphatic rings. The molecule has 1 fully saturated rings. The minimum Gasteiger partial charge on any atom is -0.341 e. The van der Waals surface area contributed by atoms with Gasteiger partial charge >= 0.3 is 0 Å². The highest BCUT2D eigenvalue weighted by atomic mass is 15.3. The quantitative estimate of drug-likeness (QED) is 0.669. The Balaban J connectivity index is 1.96. The molecule has 0 bridgehead atoms. The van der Waals surface area contributed by atoms with E-state index >= 15 is 0 Å². The zero-order valence-corrected chi connectivity index (χ0v) is 12.1. The molecular formula is C16H21N5. The first-order chi connectivity index (χ1) is 10.4. The maximum Gasteiger partial charge on any atom is 0.227 e. The van der Waals surface area contributed by atoms with Crippen molar-refractivity contribution in [2.24, 2.45) is 5.84 Å². The number of hydrazine groups is 1. The lowest BCUT2D eigenvalue weighted by Crippen LogP contribution is -2.26. The Morgan fingerprint density at radius 1 is 0.952 bits per heavy atom. The van der Waals surface area contributed by atoms with Crippen LogP contribution in [0.2, 0.25) is 0 Å². The Labute approximate surface area is 125 Å². The largest absolute Gasteiger partial charge is 0.341 e. The fourth-order valence-electron chi connectivity index (χ4n) is 2.68. The molecule has 0 unspecified atom stereocenters. The summed E-state index contributed by atoms with van der Waals surface area (Å²) in [5, 5.41) is 0. The molecule has 1 aromatic carbocycles. The predicted octanol–water partition coefficient (Wildman–Crippen LogP) is 2.81. The maximum atomic E-state index is 5.57. The van der Waals surface area contributed by atoms with E-state index in [1.807, 2.05) is 24.3 Å². The van der Waals surface area contributed by atoms with Crippen molar-refractivity contribution in [2.75, 3.05) is 23.4 Å². The number of hydrogen-bond acceptors (Lipinski definition) is 5. The van der Waals surface area contributed by atoms with E-state index < -0.39 is 0 Å². The molecule has 0 radical (unpaired) electrons. The Morgan fingerprint density at radius 3 is 2.33 bits per heavy atom. The van der Waals surface area contributed by atoms with Crippen LogP contribution in [0.4, 0.5) is 11.8 Å². The number of hydrogen-bond donors (Lipinski definition) is 2. The first-order valence-electron chi connectivity index (χ1n) is 7.53. The molecule has 0 atom stereocenters. The van der Waals surface area contributed by atoms with Crippen LogP contribution in [0.1, 0.15) is 25.7 Å². The van der Waals surface area contributed by atoms with Gasteiger partial charge < -0.3 is 10.3 Å². The zero-order valence-electron chi connectivity index (χ0n) is 12.1. The molecular weight excluding hydrogens is 262 g/mol. The number of nitrogens with zero attached hydrogens (tertiary/aromatic N) is 3. The summed E-state index contributed by atoms with van der Waals surface area (Å²) in [5.41, 5.74) is 4.63. The SMILES string of the molecule is NNc1cc(-c2ccccc2)nc(N2CCCCCC2)n1. The minimum atomic E-state index is 0.656. The van der Waals surface area contributed by atoms with Crippen molar-refractivity contribution in [1.82, 2.24) is 9.97 Å². The summed E-state index contributed by atoms with van der Waals surface area (Å²) in [6, 6.07) is 12.0. The molecule has 110 valence electrons. The summed E-state index contributed by atoms with van der Waals surface area (Å²) in [7, 11) is 0. The third-order valence-electron chi connectivity index (χ3n) is 3.82. The van der Waals surface area contributed by atoms with Crippen LogP contribution < -0.4 is 16.2 Å². The van der Waals surface area contributed by atoms with E-state index in [0.29, 0.717) is 5.82 Å². The average molecular weight is 283 g/mol. The highest BCUT2D eigenvalue weighted by molar-refractivity contribution is 5.64. The zero-order chi connectivity index (χ0) is 14.5. The Bertz CT molecular complexity index is 576. The third kappa shape index (κ3) is 3.31. The van der Waals surface area contributed by atoms with Gasteiger partial charge in [-0.3, -0.25) is 0 Å². The van der Waals surface area contributed by atoms with Gasteiger partial charge in [0, 0.05) is 24.7 Å². The molecule has 1 aliphatic heterocycles. The number of nitrogens with one attached hydrogen (secondary N) is 1. The monoisotopic (exact) mass is 283 g/mol. The second-order valence-corrected chi connectivity index (χ2v) is 5.35. The van der Waals surface area contributed by atoms with Crippen LogP contribution in [0.15, 0.2) is 36.4 Å². The van der Waals surface area contributed by atoms with Gasteiger partial charge in [0.2, 0.25) is 5.95 Å². The molecule has 0 aliphatic carbocycles. The van der Waals surface area contributed by atoms with Crippen LogP contribution >= 0.6 is 0 Å². The van der Waals surface area contributed by atoms with Gasteiger partial charge in [-0.1, -0.05) is 43.2 Å². The first kappa shape index (κ1) is 13.8. The van der Waals surface area contributed by atoms with Gasteiger partial charge in [-0.25, -0.2) is 10.8 Å². The number of nitrogens with two attached hydrogens (primary N) is 1. The van der Waals surface area contributed by atoms with Gasteiger partial charge in [-0.15, -0.1) is 0 Å². The van der Waals surface area contributed by atoms with Gasteiger partial charge in [0.25, 0.3) is 0 Å². The number of benzene rings is 1. The van der Waals surface area contributed by atoms with Gasteiger partial charge in [0.15, 0.2) is 0 Å². The lowest BCUT2D eigenvalue weighted by molar-refractivity contribution is 0.726. The van der Waals surface area contributed by atoms with Crippen molar-refractivity contribution < 1.29 is 0 Å². The Kier molecular flexibility index (Phi) is 4.31. The van der Waals surface area contributed by atoms with Gasteiger partial charge in [0.05, 0.1) is 5.69 Å². The van der Waals surface area contributed by atoms with Crippen LogP contribution in [-0.4, -0.2) is 23.1 Å². The van der Waals surface area contributed by atoms with E-state index in [9.17, 15) is 0 Å². The second kappa shape index (κ2) is 6.54. The normalized spacial score (nSPS) is 15.6. The molecule has 21 heavy (non-hydrogen) atoms. The molecule has 2 heterocycles. The van der Waals surface area contributed by atoms with Gasteiger partial charge in [-0.2, -0.15) is 4.98 Å². The topological polar surface area (TPSA) is 67.1 Å². The highest BCUT2D eigenvalue weighted by Crippen LogP contribution is 2.24. The number of anilines is 2. The van der Waals surface area contributed by atoms with E-state index in [1.165, 1.54) is 25.7 Å². The number of nitrogen functional groups attached to an aromatic ring is 1. The van der Waals surface area contributed by atoms with Crippen LogP contribution in [0, 0.1) is 0 Å². The maximum absolute atomic E-state index is 5.57. The standard InChI is InChI=1S/C16H21N5/c17-20-15-12-14(13-8-4-3-5-9-13)18-16(19-15)21-10-6-1-2-7-11-21/h3-5,8-9,12H,1-2,6-7,10-11,17H2,(H,18,19,20). The van der Waals surface area contributed by atoms with Crippen molar-refractivity contribution in [3.05, 3.63) is 36.4 Å². The summed E-state index contributed by atoms with van der Waals surface area (Å²) in [6.07, 6.45) is 4.97. The summed E-state index contributed by atoms with van der Waals surface area (Å²) in [4.78, 5) is 11.5. The predicted molar refractivity (Wildman–Crippen MR) is 86.0 cm³/mol. The number of aromatic nitrogens is 2. The fraction of sp³-hybridized carbons (Fsp3) is 0.375. The second-order valence-electron chi connectivity index (χ2n) is 5.35.